The number of nitrogens with one attached hydrogen (secondary N) is 1. The van der Waals surface area contributed by atoms with E-state index in [0.717, 1.165) is 4.47 Å². The Morgan fingerprint density at radius 2 is 2.07 bits per heavy atom. The molecule has 5 heteroatoms. The standard InChI is InChI=1S/C9H12BrN3O/c1-6(2)3-8(14)13-9-11-4-7(10)5-12-9/h4-6H,3H2,1-2H3,(H,11,12,13,14). The van der Waals surface area contributed by atoms with Gasteiger partial charge in [-0.25, -0.2) is 9.97 Å². The highest BCUT2D eigenvalue weighted by atomic mass is 79.9. The monoisotopic (exact) mass is 257 g/mol. The number of carbonyl (C=O) groups excluding carboxylic acids is 1. The van der Waals surface area contributed by atoms with Gasteiger partial charge in [-0.15, -0.1) is 0 Å². The lowest BCUT2D eigenvalue weighted by Gasteiger charge is -2.04. The van der Waals surface area contributed by atoms with Crippen LogP contribution in [0.1, 0.15) is 20.3 Å². The van der Waals surface area contributed by atoms with Crippen LogP contribution in [0, 0.1) is 5.92 Å². The van der Waals surface area contributed by atoms with Crippen molar-refractivity contribution in [3.8, 4) is 0 Å². The number of rotatable bonds is 3. The maximum absolute atomic E-state index is 11.3. The summed E-state index contributed by atoms with van der Waals surface area (Å²) in [6, 6.07) is 0. The van der Waals surface area contributed by atoms with Gasteiger partial charge >= 0.3 is 0 Å². The molecule has 1 aromatic heterocycles. The number of hydrogen-bond donors (Lipinski definition) is 1. The number of aromatic nitrogens is 2. The zero-order chi connectivity index (χ0) is 10.6. The molecular formula is C9H12BrN3O. The van der Waals surface area contributed by atoms with E-state index in [1.165, 1.54) is 0 Å². The van der Waals surface area contributed by atoms with Crippen LogP contribution in [-0.2, 0) is 4.79 Å². The second-order valence-electron chi connectivity index (χ2n) is 3.37. The Morgan fingerprint density at radius 3 is 2.57 bits per heavy atom. The van der Waals surface area contributed by atoms with E-state index in [-0.39, 0.29) is 5.91 Å². The summed E-state index contributed by atoms with van der Waals surface area (Å²) in [5.41, 5.74) is 0. The van der Waals surface area contributed by atoms with Crippen molar-refractivity contribution >= 4 is 27.8 Å². The van der Waals surface area contributed by atoms with Crippen molar-refractivity contribution in [2.75, 3.05) is 5.32 Å². The topological polar surface area (TPSA) is 54.9 Å². The van der Waals surface area contributed by atoms with Crippen LogP contribution in [0.2, 0.25) is 0 Å². The van der Waals surface area contributed by atoms with Gasteiger partial charge in [0.25, 0.3) is 0 Å². The van der Waals surface area contributed by atoms with E-state index in [0.29, 0.717) is 18.3 Å². The van der Waals surface area contributed by atoms with Gasteiger partial charge < -0.3 is 0 Å². The van der Waals surface area contributed by atoms with Crippen LogP contribution >= 0.6 is 15.9 Å². The molecule has 76 valence electrons. The molecule has 1 N–H and O–H groups in total. The van der Waals surface area contributed by atoms with Crippen molar-refractivity contribution in [3.05, 3.63) is 16.9 Å². The van der Waals surface area contributed by atoms with Crippen molar-refractivity contribution in [2.24, 2.45) is 5.92 Å². The van der Waals surface area contributed by atoms with Crippen molar-refractivity contribution < 1.29 is 4.79 Å². The molecule has 1 amide bonds. The molecule has 0 aliphatic heterocycles. The highest BCUT2D eigenvalue weighted by Crippen LogP contribution is 2.07. The second kappa shape index (κ2) is 5.05. The summed E-state index contributed by atoms with van der Waals surface area (Å²) in [5.74, 6) is 0.631. The third-order valence-electron chi connectivity index (χ3n) is 1.47. The van der Waals surface area contributed by atoms with Gasteiger partial charge in [0.2, 0.25) is 11.9 Å². The molecule has 0 aliphatic carbocycles. The Hall–Kier alpha value is -0.970. The summed E-state index contributed by atoms with van der Waals surface area (Å²) in [7, 11) is 0. The lowest BCUT2D eigenvalue weighted by atomic mass is 10.1. The van der Waals surface area contributed by atoms with Crippen LogP contribution in [0.3, 0.4) is 0 Å². The molecule has 1 aromatic rings. The molecule has 0 atom stereocenters. The lowest BCUT2D eigenvalue weighted by molar-refractivity contribution is -0.116. The minimum absolute atomic E-state index is 0.0534. The molecule has 1 heterocycles. The SMILES string of the molecule is CC(C)CC(=O)Nc1ncc(Br)cn1. The van der Waals surface area contributed by atoms with Crippen LogP contribution in [-0.4, -0.2) is 15.9 Å². The van der Waals surface area contributed by atoms with Crippen molar-refractivity contribution in [1.82, 2.24) is 9.97 Å². The van der Waals surface area contributed by atoms with Crippen LogP contribution in [0.5, 0.6) is 0 Å². The second-order valence-corrected chi connectivity index (χ2v) is 4.29. The molecular weight excluding hydrogens is 246 g/mol. The molecule has 14 heavy (non-hydrogen) atoms. The van der Waals surface area contributed by atoms with E-state index in [2.05, 4.69) is 31.2 Å². The number of nitrogens with zero attached hydrogens (tertiary/aromatic N) is 2. The average Bonchev–Trinajstić information content (AvgIpc) is 2.07. The van der Waals surface area contributed by atoms with Gasteiger partial charge in [0.05, 0.1) is 4.47 Å². The first-order valence-corrected chi connectivity index (χ1v) is 5.14. The number of anilines is 1. The molecule has 0 spiro atoms. The minimum Gasteiger partial charge on any atom is -0.295 e. The Bertz CT molecular complexity index is 310. The molecule has 0 radical (unpaired) electrons. The van der Waals surface area contributed by atoms with Gasteiger partial charge in [-0.3, -0.25) is 10.1 Å². The summed E-state index contributed by atoms with van der Waals surface area (Å²) >= 11 is 3.21. The number of hydrogen-bond acceptors (Lipinski definition) is 3. The van der Waals surface area contributed by atoms with E-state index in [1.807, 2.05) is 13.8 Å². The molecule has 0 aromatic carbocycles. The Labute approximate surface area is 91.3 Å². The van der Waals surface area contributed by atoms with Crippen molar-refractivity contribution in [2.45, 2.75) is 20.3 Å². The number of carbonyl (C=O) groups is 1. The van der Waals surface area contributed by atoms with Crippen molar-refractivity contribution in [1.29, 1.82) is 0 Å². The van der Waals surface area contributed by atoms with E-state index in [9.17, 15) is 4.79 Å². The normalized spacial score (nSPS) is 10.3. The predicted octanol–water partition coefficient (Wildman–Crippen LogP) is 2.22. The Morgan fingerprint density at radius 1 is 1.50 bits per heavy atom. The third-order valence-corrected chi connectivity index (χ3v) is 1.87. The molecule has 1 rings (SSSR count). The van der Waals surface area contributed by atoms with E-state index < -0.39 is 0 Å². The van der Waals surface area contributed by atoms with Gasteiger partial charge in [0.15, 0.2) is 0 Å². The number of amides is 1. The predicted molar refractivity (Wildman–Crippen MR) is 57.8 cm³/mol. The zero-order valence-corrected chi connectivity index (χ0v) is 9.71. The molecule has 0 fully saturated rings. The molecule has 0 unspecified atom stereocenters. The largest absolute Gasteiger partial charge is 0.295 e. The van der Waals surface area contributed by atoms with Crippen LogP contribution in [0.4, 0.5) is 5.95 Å². The van der Waals surface area contributed by atoms with E-state index in [4.69, 9.17) is 0 Å². The molecule has 0 aliphatic rings. The Balaban J connectivity index is 2.52. The fourth-order valence-corrected chi connectivity index (χ4v) is 1.13. The summed E-state index contributed by atoms with van der Waals surface area (Å²) in [6.45, 7) is 3.98. The highest BCUT2D eigenvalue weighted by Gasteiger charge is 2.06. The molecule has 0 saturated heterocycles. The summed E-state index contributed by atoms with van der Waals surface area (Å²) in [5, 5.41) is 2.62. The van der Waals surface area contributed by atoms with E-state index >= 15 is 0 Å². The van der Waals surface area contributed by atoms with Crippen LogP contribution < -0.4 is 5.32 Å². The van der Waals surface area contributed by atoms with Gasteiger partial charge in [0.1, 0.15) is 0 Å². The van der Waals surface area contributed by atoms with Gasteiger partial charge in [-0.05, 0) is 21.8 Å². The van der Waals surface area contributed by atoms with Gasteiger partial charge in [-0.2, -0.15) is 0 Å². The maximum atomic E-state index is 11.3. The summed E-state index contributed by atoms with van der Waals surface area (Å²) in [4.78, 5) is 19.2. The smallest absolute Gasteiger partial charge is 0.229 e. The summed E-state index contributed by atoms with van der Waals surface area (Å²) < 4.78 is 0.791. The first kappa shape index (κ1) is 11.1. The fourth-order valence-electron chi connectivity index (χ4n) is 0.923. The average molecular weight is 258 g/mol. The quantitative estimate of drug-likeness (QED) is 0.904. The maximum Gasteiger partial charge on any atom is 0.229 e. The lowest BCUT2D eigenvalue weighted by Crippen LogP contribution is -2.15. The molecule has 0 saturated carbocycles. The number of halogens is 1. The summed E-state index contributed by atoms with van der Waals surface area (Å²) in [6.07, 6.45) is 3.68. The van der Waals surface area contributed by atoms with Crippen LogP contribution in [0.15, 0.2) is 16.9 Å². The van der Waals surface area contributed by atoms with Gasteiger partial charge in [-0.1, -0.05) is 13.8 Å². The molecule has 4 nitrogen and oxygen atoms in total. The Kier molecular flexibility index (Phi) is 4.00. The zero-order valence-electron chi connectivity index (χ0n) is 8.12. The minimum atomic E-state index is -0.0534. The first-order chi connectivity index (χ1) is 6.58. The first-order valence-electron chi connectivity index (χ1n) is 4.35. The third kappa shape index (κ3) is 3.83. The van der Waals surface area contributed by atoms with Gasteiger partial charge in [0, 0.05) is 18.8 Å². The van der Waals surface area contributed by atoms with E-state index in [1.54, 1.807) is 12.4 Å². The van der Waals surface area contributed by atoms with Crippen molar-refractivity contribution in [3.63, 3.8) is 0 Å². The van der Waals surface area contributed by atoms with Crippen LogP contribution in [0.25, 0.3) is 0 Å². The molecule has 0 bridgehead atoms. The highest BCUT2D eigenvalue weighted by molar-refractivity contribution is 9.10. The fraction of sp³-hybridized carbons (Fsp3) is 0.444.